The Hall–Kier alpha value is -0.120. The molecule has 0 saturated carbocycles. The fourth-order valence-electron chi connectivity index (χ4n) is 2.92. The first-order chi connectivity index (χ1) is 7.15. The molecule has 0 aromatic rings. The van der Waals surface area contributed by atoms with E-state index in [0.717, 1.165) is 25.8 Å². The van der Waals surface area contributed by atoms with Crippen LogP contribution in [0, 0.1) is 5.41 Å². The quantitative estimate of drug-likeness (QED) is 0.764. The number of hydrogen-bond acceptors (Lipinski definition) is 3. The lowest BCUT2D eigenvalue weighted by atomic mass is 9.85. The van der Waals surface area contributed by atoms with E-state index >= 15 is 0 Å². The zero-order chi connectivity index (χ0) is 10.9. The summed E-state index contributed by atoms with van der Waals surface area (Å²) in [5, 5.41) is 0. The topological polar surface area (TPSA) is 38.5 Å². The van der Waals surface area contributed by atoms with Crippen LogP contribution in [-0.4, -0.2) is 43.3 Å². The van der Waals surface area contributed by atoms with E-state index < -0.39 is 0 Å². The van der Waals surface area contributed by atoms with Gasteiger partial charge in [-0.05, 0) is 25.8 Å². The van der Waals surface area contributed by atoms with Gasteiger partial charge in [0.25, 0.3) is 0 Å². The standard InChI is InChI=1S/C12H24N2O/c1-3-10-5-4-6-14(10)8-12(2)9-15-7-11(12)13/h10-11H,3-9,13H2,1-2H3. The van der Waals surface area contributed by atoms with Crippen LogP contribution in [0.2, 0.25) is 0 Å². The van der Waals surface area contributed by atoms with Crippen molar-refractivity contribution >= 4 is 0 Å². The molecule has 0 aromatic carbocycles. The molecule has 2 heterocycles. The summed E-state index contributed by atoms with van der Waals surface area (Å²) >= 11 is 0. The molecule has 0 spiro atoms. The normalized spacial score (nSPS) is 42.6. The highest BCUT2D eigenvalue weighted by atomic mass is 16.5. The third-order valence-electron chi connectivity index (χ3n) is 4.16. The summed E-state index contributed by atoms with van der Waals surface area (Å²) in [6, 6.07) is 1.00. The highest BCUT2D eigenvalue weighted by Crippen LogP contribution is 2.31. The van der Waals surface area contributed by atoms with E-state index in [1.54, 1.807) is 0 Å². The molecule has 0 radical (unpaired) electrons. The molecule has 88 valence electrons. The smallest absolute Gasteiger partial charge is 0.0624 e. The zero-order valence-electron chi connectivity index (χ0n) is 10.0. The predicted molar refractivity (Wildman–Crippen MR) is 61.8 cm³/mol. The maximum Gasteiger partial charge on any atom is 0.0624 e. The number of nitrogens with two attached hydrogens (primary N) is 1. The summed E-state index contributed by atoms with van der Waals surface area (Å²) in [5.74, 6) is 0. The van der Waals surface area contributed by atoms with E-state index in [0.29, 0.717) is 0 Å². The van der Waals surface area contributed by atoms with Gasteiger partial charge in [-0.3, -0.25) is 4.90 Å². The summed E-state index contributed by atoms with van der Waals surface area (Å²) in [6.07, 6.45) is 3.99. The number of ether oxygens (including phenoxy) is 1. The van der Waals surface area contributed by atoms with Gasteiger partial charge in [-0.15, -0.1) is 0 Å². The van der Waals surface area contributed by atoms with Crippen molar-refractivity contribution < 1.29 is 4.74 Å². The monoisotopic (exact) mass is 212 g/mol. The second-order valence-electron chi connectivity index (χ2n) is 5.45. The molecule has 2 rings (SSSR count). The fourth-order valence-corrected chi connectivity index (χ4v) is 2.92. The molecule has 3 nitrogen and oxygen atoms in total. The van der Waals surface area contributed by atoms with Crippen LogP contribution in [0.5, 0.6) is 0 Å². The van der Waals surface area contributed by atoms with E-state index in [9.17, 15) is 0 Å². The highest BCUT2D eigenvalue weighted by molar-refractivity contribution is 4.94. The first-order valence-electron chi connectivity index (χ1n) is 6.23. The maximum absolute atomic E-state index is 6.13. The minimum absolute atomic E-state index is 0.178. The molecule has 0 amide bonds. The van der Waals surface area contributed by atoms with Crippen molar-refractivity contribution in [3.05, 3.63) is 0 Å². The summed E-state index contributed by atoms with van der Waals surface area (Å²) < 4.78 is 5.50. The van der Waals surface area contributed by atoms with Crippen LogP contribution in [0.3, 0.4) is 0 Å². The molecule has 2 fully saturated rings. The fraction of sp³-hybridized carbons (Fsp3) is 1.00. The van der Waals surface area contributed by atoms with Crippen LogP contribution in [0.1, 0.15) is 33.1 Å². The van der Waals surface area contributed by atoms with Gasteiger partial charge in [0.2, 0.25) is 0 Å². The van der Waals surface area contributed by atoms with Crippen molar-refractivity contribution in [2.24, 2.45) is 11.1 Å². The molecule has 3 atom stereocenters. The van der Waals surface area contributed by atoms with E-state index in [1.807, 2.05) is 0 Å². The lowest BCUT2D eigenvalue weighted by molar-refractivity contribution is 0.111. The molecule has 3 heteroatoms. The second kappa shape index (κ2) is 4.40. The minimum Gasteiger partial charge on any atom is -0.379 e. The summed E-state index contributed by atoms with van der Waals surface area (Å²) in [4.78, 5) is 2.62. The molecule has 3 unspecified atom stereocenters. The van der Waals surface area contributed by atoms with Crippen molar-refractivity contribution in [2.75, 3.05) is 26.3 Å². The van der Waals surface area contributed by atoms with Crippen molar-refractivity contribution in [2.45, 2.75) is 45.2 Å². The molecule has 2 N–H and O–H groups in total. The average Bonchev–Trinajstić information content (AvgIpc) is 2.76. The van der Waals surface area contributed by atoms with Crippen LogP contribution in [0.15, 0.2) is 0 Å². The number of hydrogen-bond donors (Lipinski definition) is 1. The molecule has 15 heavy (non-hydrogen) atoms. The molecule has 0 aromatic heterocycles. The summed E-state index contributed by atoms with van der Waals surface area (Å²) in [6.45, 7) is 8.50. The van der Waals surface area contributed by atoms with E-state index in [2.05, 4.69) is 18.7 Å². The van der Waals surface area contributed by atoms with Crippen LogP contribution < -0.4 is 5.73 Å². The molecule has 0 bridgehead atoms. The van der Waals surface area contributed by atoms with Gasteiger partial charge in [0.1, 0.15) is 0 Å². The first-order valence-corrected chi connectivity index (χ1v) is 6.23. The minimum atomic E-state index is 0.178. The maximum atomic E-state index is 6.13. The van der Waals surface area contributed by atoms with Crippen LogP contribution in [-0.2, 0) is 4.74 Å². The third-order valence-corrected chi connectivity index (χ3v) is 4.16. The summed E-state index contributed by atoms with van der Waals surface area (Å²) in [5.41, 5.74) is 6.30. The molecule has 2 aliphatic heterocycles. The Labute approximate surface area is 93.0 Å². The molecule has 2 aliphatic rings. The van der Waals surface area contributed by atoms with E-state index in [1.165, 1.54) is 25.8 Å². The van der Waals surface area contributed by atoms with Gasteiger partial charge in [-0.2, -0.15) is 0 Å². The lowest BCUT2D eigenvalue weighted by Gasteiger charge is -2.34. The van der Waals surface area contributed by atoms with Gasteiger partial charge in [0.15, 0.2) is 0 Å². The molecular weight excluding hydrogens is 188 g/mol. The second-order valence-corrected chi connectivity index (χ2v) is 5.45. The van der Waals surface area contributed by atoms with Crippen molar-refractivity contribution in [3.63, 3.8) is 0 Å². The van der Waals surface area contributed by atoms with Gasteiger partial charge in [-0.25, -0.2) is 0 Å². The predicted octanol–water partition coefficient (Wildman–Crippen LogP) is 1.22. The summed E-state index contributed by atoms with van der Waals surface area (Å²) in [7, 11) is 0. The molecule has 0 aliphatic carbocycles. The number of likely N-dealkylation sites (tertiary alicyclic amines) is 1. The Morgan fingerprint density at radius 1 is 1.53 bits per heavy atom. The number of rotatable bonds is 3. The van der Waals surface area contributed by atoms with E-state index in [-0.39, 0.29) is 11.5 Å². The van der Waals surface area contributed by atoms with Gasteiger partial charge in [0, 0.05) is 24.0 Å². The van der Waals surface area contributed by atoms with Gasteiger partial charge < -0.3 is 10.5 Å². The largest absolute Gasteiger partial charge is 0.379 e. The highest BCUT2D eigenvalue weighted by Gasteiger charge is 2.40. The van der Waals surface area contributed by atoms with Crippen molar-refractivity contribution in [3.8, 4) is 0 Å². The van der Waals surface area contributed by atoms with Crippen molar-refractivity contribution in [1.82, 2.24) is 4.90 Å². The van der Waals surface area contributed by atoms with Crippen LogP contribution in [0.25, 0.3) is 0 Å². The van der Waals surface area contributed by atoms with Gasteiger partial charge >= 0.3 is 0 Å². The van der Waals surface area contributed by atoms with E-state index in [4.69, 9.17) is 10.5 Å². The Bertz CT molecular complexity index is 222. The number of nitrogens with zero attached hydrogens (tertiary/aromatic N) is 1. The Morgan fingerprint density at radius 2 is 2.33 bits per heavy atom. The lowest BCUT2D eigenvalue weighted by Crippen LogP contribution is -2.48. The zero-order valence-corrected chi connectivity index (χ0v) is 10.0. The Balaban J connectivity index is 1.95. The molecular formula is C12H24N2O. The van der Waals surface area contributed by atoms with Gasteiger partial charge in [-0.1, -0.05) is 13.8 Å². The Morgan fingerprint density at radius 3 is 2.93 bits per heavy atom. The Kier molecular flexibility index (Phi) is 3.33. The van der Waals surface area contributed by atoms with Gasteiger partial charge in [0.05, 0.1) is 13.2 Å². The first kappa shape index (κ1) is 11.4. The average molecular weight is 212 g/mol. The SMILES string of the molecule is CCC1CCCN1CC1(C)COCC1N. The molecule has 2 saturated heterocycles. The van der Waals surface area contributed by atoms with Crippen molar-refractivity contribution in [1.29, 1.82) is 0 Å². The third kappa shape index (κ3) is 2.19. The van der Waals surface area contributed by atoms with Crippen LogP contribution >= 0.6 is 0 Å². The van der Waals surface area contributed by atoms with Crippen LogP contribution in [0.4, 0.5) is 0 Å².